The van der Waals surface area contributed by atoms with Crippen LogP contribution in [0.3, 0.4) is 0 Å². The van der Waals surface area contributed by atoms with E-state index in [0.717, 1.165) is 6.42 Å². The van der Waals surface area contributed by atoms with Crippen LogP contribution in [0.4, 0.5) is 5.69 Å². The summed E-state index contributed by atoms with van der Waals surface area (Å²) in [4.78, 5) is 0. The van der Waals surface area contributed by atoms with Gasteiger partial charge in [0.1, 0.15) is 0 Å². The summed E-state index contributed by atoms with van der Waals surface area (Å²) in [6.45, 7) is 0. The smallest absolute Gasteiger partial charge is 0.0555 e. The molecule has 0 amide bonds. The van der Waals surface area contributed by atoms with Gasteiger partial charge in [0.05, 0.1) is 6.04 Å². The van der Waals surface area contributed by atoms with Gasteiger partial charge in [0.25, 0.3) is 0 Å². The first kappa shape index (κ1) is 14.3. The molecule has 124 valence electrons. The third-order valence-electron chi connectivity index (χ3n) is 5.54. The number of allylic oxidation sites excluding steroid dienone is 2. The Bertz CT molecular complexity index is 1240. The Morgan fingerprint density at radius 3 is 2.69 bits per heavy atom. The molecule has 1 aromatic heterocycles. The van der Waals surface area contributed by atoms with Crippen molar-refractivity contribution in [2.45, 2.75) is 12.5 Å². The Kier molecular flexibility index (Phi) is 2.94. The standard InChI is InChI=1S/C24H17NS/c1-3-7-21-17(5-1)20-13-15(10-12-22(20)25-21)16-9-11-19-18-6-2-4-8-23(18)26-24(19)14-16/h1-11,13-14,22,25H,12H2. The molecule has 26 heavy (non-hydrogen) atoms. The van der Waals surface area contributed by atoms with E-state index in [0.29, 0.717) is 6.04 Å². The zero-order valence-electron chi connectivity index (χ0n) is 14.2. The highest BCUT2D eigenvalue weighted by atomic mass is 32.1. The molecule has 4 aromatic rings. The highest BCUT2D eigenvalue weighted by Crippen LogP contribution is 2.42. The van der Waals surface area contributed by atoms with Gasteiger partial charge in [0.15, 0.2) is 0 Å². The molecule has 1 aliphatic carbocycles. The van der Waals surface area contributed by atoms with Crippen LogP contribution >= 0.6 is 11.3 Å². The van der Waals surface area contributed by atoms with Gasteiger partial charge in [0.2, 0.25) is 0 Å². The molecule has 1 unspecified atom stereocenters. The Morgan fingerprint density at radius 1 is 0.846 bits per heavy atom. The highest BCUT2D eigenvalue weighted by Gasteiger charge is 2.27. The van der Waals surface area contributed by atoms with Crippen molar-refractivity contribution in [2.75, 3.05) is 5.32 Å². The lowest BCUT2D eigenvalue weighted by Crippen LogP contribution is -2.15. The lowest BCUT2D eigenvalue weighted by molar-refractivity contribution is 0.931. The van der Waals surface area contributed by atoms with Crippen molar-refractivity contribution in [3.05, 3.63) is 90.0 Å². The van der Waals surface area contributed by atoms with E-state index in [9.17, 15) is 0 Å². The summed E-state index contributed by atoms with van der Waals surface area (Å²) in [5.74, 6) is 0. The summed E-state index contributed by atoms with van der Waals surface area (Å²) in [6, 6.07) is 24.7. The number of fused-ring (bicyclic) bond motifs is 6. The van der Waals surface area contributed by atoms with E-state index >= 15 is 0 Å². The summed E-state index contributed by atoms with van der Waals surface area (Å²) in [5.41, 5.74) is 6.70. The zero-order valence-corrected chi connectivity index (χ0v) is 15.0. The predicted octanol–water partition coefficient (Wildman–Crippen LogP) is 6.72. The highest BCUT2D eigenvalue weighted by molar-refractivity contribution is 7.25. The minimum atomic E-state index is 0.421. The fraction of sp³-hybridized carbons (Fsp3) is 0.0833. The second kappa shape index (κ2) is 5.33. The van der Waals surface area contributed by atoms with Crippen molar-refractivity contribution in [1.82, 2.24) is 0 Å². The summed E-state index contributed by atoms with van der Waals surface area (Å²) in [6.07, 6.45) is 5.79. The fourth-order valence-electron chi connectivity index (χ4n) is 4.26. The zero-order chi connectivity index (χ0) is 17.1. The topological polar surface area (TPSA) is 12.0 Å². The van der Waals surface area contributed by atoms with Crippen LogP contribution in [0.25, 0.3) is 31.3 Å². The van der Waals surface area contributed by atoms with Crippen molar-refractivity contribution in [2.24, 2.45) is 0 Å². The largest absolute Gasteiger partial charge is 0.377 e. The minimum absolute atomic E-state index is 0.421. The molecule has 0 fully saturated rings. The van der Waals surface area contributed by atoms with Gasteiger partial charge in [-0.25, -0.2) is 0 Å². The average molecular weight is 351 g/mol. The molecule has 0 saturated heterocycles. The van der Waals surface area contributed by atoms with Crippen LogP contribution in [0.2, 0.25) is 0 Å². The lowest BCUT2D eigenvalue weighted by atomic mass is 9.89. The summed E-state index contributed by atoms with van der Waals surface area (Å²) in [5, 5.41) is 6.37. The Hall–Kier alpha value is -2.84. The second-order valence-electron chi connectivity index (χ2n) is 7.05. The quantitative estimate of drug-likeness (QED) is 0.401. The molecular formula is C24H17NS. The van der Waals surface area contributed by atoms with Gasteiger partial charge in [-0.05, 0) is 47.4 Å². The normalized spacial score (nSPS) is 18.2. The van der Waals surface area contributed by atoms with Crippen LogP contribution in [-0.4, -0.2) is 6.04 Å². The SMILES string of the molecule is C1=C(c2ccc3c(c2)sc2ccccc23)C=C2c3ccccc3NC2C1. The molecule has 0 radical (unpaired) electrons. The maximum atomic E-state index is 3.64. The lowest BCUT2D eigenvalue weighted by Gasteiger charge is -2.18. The van der Waals surface area contributed by atoms with Gasteiger partial charge in [0, 0.05) is 31.4 Å². The molecule has 1 N–H and O–H groups in total. The molecule has 3 aromatic carbocycles. The fourth-order valence-corrected chi connectivity index (χ4v) is 5.40. The third-order valence-corrected chi connectivity index (χ3v) is 6.67. The molecule has 1 nitrogen and oxygen atoms in total. The molecule has 2 aliphatic rings. The van der Waals surface area contributed by atoms with Crippen LogP contribution in [0, 0.1) is 0 Å². The van der Waals surface area contributed by atoms with Gasteiger partial charge < -0.3 is 5.32 Å². The number of nitrogens with one attached hydrogen (secondary N) is 1. The van der Waals surface area contributed by atoms with Gasteiger partial charge in [-0.1, -0.05) is 54.6 Å². The molecule has 1 atom stereocenters. The number of hydrogen-bond acceptors (Lipinski definition) is 2. The first-order chi connectivity index (χ1) is 12.9. The van der Waals surface area contributed by atoms with E-state index in [4.69, 9.17) is 0 Å². The van der Waals surface area contributed by atoms with E-state index in [1.54, 1.807) is 0 Å². The van der Waals surface area contributed by atoms with Crippen molar-refractivity contribution in [3.8, 4) is 0 Å². The van der Waals surface area contributed by atoms with E-state index < -0.39 is 0 Å². The first-order valence-electron chi connectivity index (χ1n) is 9.06. The van der Waals surface area contributed by atoms with Gasteiger partial charge >= 0.3 is 0 Å². The van der Waals surface area contributed by atoms with Crippen molar-refractivity contribution in [1.29, 1.82) is 0 Å². The Balaban J connectivity index is 1.47. The van der Waals surface area contributed by atoms with Crippen LogP contribution in [0.1, 0.15) is 17.5 Å². The number of benzene rings is 3. The molecule has 2 heteroatoms. The van der Waals surface area contributed by atoms with Crippen molar-refractivity contribution >= 4 is 48.3 Å². The number of hydrogen-bond donors (Lipinski definition) is 1. The Morgan fingerprint density at radius 2 is 1.69 bits per heavy atom. The van der Waals surface area contributed by atoms with E-state index in [-0.39, 0.29) is 0 Å². The number of anilines is 1. The van der Waals surface area contributed by atoms with Gasteiger partial charge in [-0.15, -0.1) is 11.3 Å². The minimum Gasteiger partial charge on any atom is -0.377 e. The van der Waals surface area contributed by atoms with Crippen LogP contribution in [0.5, 0.6) is 0 Å². The van der Waals surface area contributed by atoms with E-state index in [1.165, 1.54) is 48.1 Å². The van der Waals surface area contributed by atoms with Crippen molar-refractivity contribution in [3.63, 3.8) is 0 Å². The summed E-state index contributed by atoms with van der Waals surface area (Å²) < 4.78 is 2.74. The molecule has 0 bridgehead atoms. The second-order valence-corrected chi connectivity index (χ2v) is 8.13. The average Bonchev–Trinajstić information content (AvgIpc) is 3.25. The number of thiophene rings is 1. The molecular weight excluding hydrogens is 334 g/mol. The number of para-hydroxylation sites is 1. The summed E-state index contributed by atoms with van der Waals surface area (Å²) in [7, 11) is 0. The first-order valence-corrected chi connectivity index (χ1v) is 9.88. The molecule has 6 rings (SSSR count). The molecule has 0 spiro atoms. The molecule has 1 aliphatic heterocycles. The van der Waals surface area contributed by atoms with Gasteiger partial charge in [-0.3, -0.25) is 0 Å². The van der Waals surface area contributed by atoms with E-state index in [2.05, 4.69) is 84.2 Å². The maximum absolute atomic E-state index is 3.64. The van der Waals surface area contributed by atoms with Gasteiger partial charge in [-0.2, -0.15) is 0 Å². The van der Waals surface area contributed by atoms with Crippen LogP contribution in [0.15, 0.2) is 78.9 Å². The monoisotopic (exact) mass is 351 g/mol. The van der Waals surface area contributed by atoms with Crippen molar-refractivity contribution < 1.29 is 0 Å². The summed E-state index contributed by atoms with van der Waals surface area (Å²) >= 11 is 1.89. The third kappa shape index (κ3) is 2.03. The van der Waals surface area contributed by atoms with E-state index in [1.807, 2.05) is 11.3 Å². The Labute approximate surface area is 156 Å². The molecule has 0 saturated carbocycles. The molecule has 2 heterocycles. The predicted molar refractivity (Wildman–Crippen MR) is 114 cm³/mol. The number of rotatable bonds is 1. The van der Waals surface area contributed by atoms with Crippen LogP contribution < -0.4 is 5.32 Å². The maximum Gasteiger partial charge on any atom is 0.0555 e. The van der Waals surface area contributed by atoms with Crippen LogP contribution in [-0.2, 0) is 0 Å².